The van der Waals surface area contributed by atoms with Crippen LogP contribution in [0.3, 0.4) is 0 Å². The summed E-state index contributed by atoms with van der Waals surface area (Å²) in [5.41, 5.74) is 0.749. The first-order chi connectivity index (χ1) is 13.0. The zero-order valence-electron chi connectivity index (χ0n) is 15.9. The van der Waals surface area contributed by atoms with Gasteiger partial charge in [-0.15, -0.1) is 0 Å². The van der Waals surface area contributed by atoms with Crippen LogP contribution in [-0.4, -0.2) is 50.1 Å². The molecule has 6 nitrogen and oxygen atoms in total. The topological polar surface area (TPSA) is 67.9 Å². The molecule has 0 saturated carbocycles. The molecule has 1 fully saturated rings. The molecule has 0 aliphatic carbocycles. The van der Waals surface area contributed by atoms with Crippen LogP contribution in [0.25, 0.3) is 6.08 Å². The molecule has 1 saturated heterocycles. The molecule has 0 unspecified atom stereocenters. The van der Waals surface area contributed by atoms with E-state index in [1.54, 1.807) is 25.3 Å². The number of rotatable bonds is 10. The molecule has 0 radical (unpaired) electrons. The van der Waals surface area contributed by atoms with Gasteiger partial charge in [-0.05, 0) is 43.0 Å². The maximum absolute atomic E-state index is 12.0. The number of carbonyl (C=O) groups excluding carboxylic acids is 2. The fourth-order valence-electron chi connectivity index (χ4n) is 2.83. The average molecular weight is 395 g/mol. The molecule has 2 rings (SSSR count). The highest BCUT2D eigenvalue weighted by atomic mass is 35.5. The molecule has 0 atom stereocenters. The van der Waals surface area contributed by atoms with Crippen LogP contribution < -0.4 is 14.8 Å². The minimum Gasteiger partial charge on any atom is -0.493 e. The predicted octanol–water partition coefficient (Wildman–Crippen LogP) is 3.28. The first kappa shape index (κ1) is 21.1. The summed E-state index contributed by atoms with van der Waals surface area (Å²) in [6.45, 7) is 4.61. The third-order valence-electron chi connectivity index (χ3n) is 4.20. The van der Waals surface area contributed by atoms with Crippen LogP contribution in [0.15, 0.2) is 18.2 Å². The Balaban J connectivity index is 1.84. The van der Waals surface area contributed by atoms with E-state index in [0.717, 1.165) is 31.4 Å². The number of ether oxygens (including phenoxy) is 2. The van der Waals surface area contributed by atoms with Gasteiger partial charge in [0.05, 0.1) is 18.7 Å². The Hall–Kier alpha value is -2.21. The number of nitrogens with zero attached hydrogens (tertiary/aromatic N) is 1. The van der Waals surface area contributed by atoms with Crippen molar-refractivity contribution in [3.05, 3.63) is 28.8 Å². The van der Waals surface area contributed by atoms with Crippen LogP contribution in [0.1, 0.15) is 38.2 Å². The Morgan fingerprint density at radius 2 is 2.22 bits per heavy atom. The maximum Gasteiger partial charge on any atom is 0.244 e. The Morgan fingerprint density at radius 1 is 1.41 bits per heavy atom. The number of benzene rings is 1. The van der Waals surface area contributed by atoms with E-state index in [1.165, 1.54) is 6.08 Å². The van der Waals surface area contributed by atoms with Crippen LogP contribution in [0, 0.1) is 0 Å². The molecule has 1 aliphatic rings. The van der Waals surface area contributed by atoms with E-state index >= 15 is 0 Å². The van der Waals surface area contributed by atoms with Crippen molar-refractivity contribution in [3.63, 3.8) is 0 Å². The van der Waals surface area contributed by atoms with Gasteiger partial charge in [0.1, 0.15) is 0 Å². The lowest BCUT2D eigenvalue weighted by molar-refractivity contribution is -0.127. The first-order valence-corrected chi connectivity index (χ1v) is 9.67. The lowest BCUT2D eigenvalue weighted by atomic mass is 10.2. The zero-order chi connectivity index (χ0) is 19.6. The molecule has 7 heteroatoms. The number of halogens is 1. The molecule has 0 spiro atoms. The molecule has 0 aromatic heterocycles. The lowest BCUT2D eigenvalue weighted by Gasteiger charge is -2.14. The van der Waals surface area contributed by atoms with Gasteiger partial charge in [0.15, 0.2) is 11.5 Å². The quantitative estimate of drug-likeness (QED) is 0.488. The fraction of sp³-hybridized carbons (Fsp3) is 0.500. The van der Waals surface area contributed by atoms with Crippen molar-refractivity contribution >= 4 is 29.5 Å². The van der Waals surface area contributed by atoms with Crippen molar-refractivity contribution in [2.45, 2.75) is 32.6 Å². The largest absolute Gasteiger partial charge is 0.493 e. The minimum absolute atomic E-state index is 0.191. The summed E-state index contributed by atoms with van der Waals surface area (Å²) in [6, 6.07) is 3.51. The summed E-state index contributed by atoms with van der Waals surface area (Å²) < 4.78 is 10.9. The van der Waals surface area contributed by atoms with Crippen molar-refractivity contribution in [2.24, 2.45) is 0 Å². The van der Waals surface area contributed by atoms with Crippen LogP contribution in [0.5, 0.6) is 11.5 Å². The standard InChI is InChI=1S/C20H27ClN2O4/c1-3-12-27-20-16(21)13-15(14-17(20)26-2)7-8-18(24)22-9-5-11-23-10-4-6-19(23)25/h7-8,13-14H,3-6,9-12H2,1-2H3,(H,22,24)/b8-7+. The van der Waals surface area contributed by atoms with Gasteiger partial charge < -0.3 is 19.7 Å². The van der Waals surface area contributed by atoms with Crippen molar-refractivity contribution in [1.82, 2.24) is 10.2 Å². The van der Waals surface area contributed by atoms with Crippen molar-refractivity contribution < 1.29 is 19.1 Å². The predicted molar refractivity (Wildman–Crippen MR) is 106 cm³/mol. The summed E-state index contributed by atoms with van der Waals surface area (Å²) in [6.07, 6.45) is 6.32. The molecule has 1 heterocycles. The highest BCUT2D eigenvalue weighted by Crippen LogP contribution is 2.36. The average Bonchev–Trinajstić information content (AvgIpc) is 3.07. The van der Waals surface area contributed by atoms with Gasteiger partial charge in [-0.25, -0.2) is 0 Å². The van der Waals surface area contributed by atoms with E-state index in [2.05, 4.69) is 5.32 Å². The summed E-state index contributed by atoms with van der Waals surface area (Å²) in [4.78, 5) is 25.3. The molecule has 27 heavy (non-hydrogen) atoms. The van der Waals surface area contributed by atoms with Crippen molar-refractivity contribution in [1.29, 1.82) is 0 Å². The third-order valence-corrected chi connectivity index (χ3v) is 4.49. The Morgan fingerprint density at radius 3 is 2.89 bits per heavy atom. The number of amides is 2. The lowest BCUT2D eigenvalue weighted by Crippen LogP contribution is -2.29. The number of methoxy groups -OCH3 is 1. The third kappa shape index (κ3) is 6.47. The van der Waals surface area contributed by atoms with Gasteiger partial charge in [0.2, 0.25) is 11.8 Å². The Bertz CT molecular complexity index is 691. The minimum atomic E-state index is -0.191. The van der Waals surface area contributed by atoms with Gasteiger partial charge in [0.25, 0.3) is 0 Å². The summed E-state index contributed by atoms with van der Waals surface area (Å²) in [7, 11) is 1.55. The highest BCUT2D eigenvalue weighted by molar-refractivity contribution is 6.32. The van der Waals surface area contributed by atoms with Gasteiger partial charge in [-0.2, -0.15) is 0 Å². The van der Waals surface area contributed by atoms with E-state index in [0.29, 0.717) is 42.6 Å². The molecular formula is C20H27ClN2O4. The van der Waals surface area contributed by atoms with E-state index in [-0.39, 0.29) is 11.8 Å². The van der Waals surface area contributed by atoms with E-state index in [1.807, 2.05) is 11.8 Å². The van der Waals surface area contributed by atoms with Gasteiger partial charge in [-0.1, -0.05) is 18.5 Å². The Kier molecular flexibility index (Phi) is 8.45. The molecule has 148 valence electrons. The van der Waals surface area contributed by atoms with E-state index < -0.39 is 0 Å². The SMILES string of the molecule is CCCOc1c(Cl)cc(/C=C/C(=O)NCCCN2CCCC2=O)cc1OC. The number of hydrogen-bond donors (Lipinski definition) is 1. The van der Waals surface area contributed by atoms with Crippen molar-refractivity contribution in [2.75, 3.05) is 33.4 Å². The molecule has 1 N–H and O–H groups in total. The van der Waals surface area contributed by atoms with Crippen molar-refractivity contribution in [3.8, 4) is 11.5 Å². The van der Waals surface area contributed by atoms with Crippen LogP contribution in [-0.2, 0) is 9.59 Å². The normalized spacial score (nSPS) is 14.0. The van der Waals surface area contributed by atoms with E-state index in [9.17, 15) is 9.59 Å². The summed E-state index contributed by atoms with van der Waals surface area (Å²) in [5, 5.41) is 3.26. The van der Waals surface area contributed by atoms with Gasteiger partial charge >= 0.3 is 0 Å². The van der Waals surface area contributed by atoms with Crippen LogP contribution in [0.2, 0.25) is 5.02 Å². The molecule has 0 bridgehead atoms. The summed E-state index contributed by atoms with van der Waals surface area (Å²) in [5.74, 6) is 1.06. The molecule has 1 aliphatic heterocycles. The summed E-state index contributed by atoms with van der Waals surface area (Å²) >= 11 is 6.27. The zero-order valence-corrected chi connectivity index (χ0v) is 16.7. The smallest absolute Gasteiger partial charge is 0.244 e. The first-order valence-electron chi connectivity index (χ1n) is 9.29. The molecule has 1 aromatic carbocycles. The number of nitrogens with one attached hydrogen (secondary N) is 1. The van der Waals surface area contributed by atoms with Gasteiger partial charge in [0, 0.05) is 32.1 Å². The maximum atomic E-state index is 12.0. The molecule has 2 amide bonds. The number of carbonyl (C=O) groups is 2. The second-order valence-electron chi connectivity index (χ2n) is 6.34. The van der Waals surface area contributed by atoms with Gasteiger partial charge in [-0.3, -0.25) is 9.59 Å². The second kappa shape index (κ2) is 10.8. The number of hydrogen-bond acceptors (Lipinski definition) is 4. The van der Waals surface area contributed by atoms with Crippen LogP contribution in [0.4, 0.5) is 0 Å². The van der Waals surface area contributed by atoms with E-state index in [4.69, 9.17) is 21.1 Å². The van der Waals surface area contributed by atoms with Crippen LogP contribution >= 0.6 is 11.6 Å². The highest BCUT2D eigenvalue weighted by Gasteiger charge is 2.18. The fourth-order valence-corrected chi connectivity index (χ4v) is 3.11. The Labute approximate surface area is 165 Å². The molecular weight excluding hydrogens is 368 g/mol. The number of likely N-dealkylation sites (tertiary alicyclic amines) is 1. The molecule has 1 aromatic rings. The monoisotopic (exact) mass is 394 g/mol. The second-order valence-corrected chi connectivity index (χ2v) is 6.75.